The number of aromatic nitrogens is 2. The first-order valence-electron chi connectivity index (χ1n) is 5.74. The van der Waals surface area contributed by atoms with Gasteiger partial charge in [0.05, 0.1) is 0 Å². The maximum atomic E-state index is 11.3. The molecule has 0 saturated heterocycles. The molecule has 1 saturated carbocycles. The van der Waals surface area contributed by atoms with Crippen LogP contribution in [0.4, 0.5) is 0 Å². The minimum Gasteiger partial charge on any atom is -0.476 e. The summed E-state index contributed by atoms with van der Waals surface area (Å²) in [6, 6.07) is 0.619. The van der Waals surface area contributed by atoms with Crippen LogP contribution in [0.25, 0.3) is 0 Å². The van der Waals surface area contributed by atoms with Crippen LogP contribution in [-0.2, 0) is 13.0 Å². The van der Waals surface area contributed by atoms with E-state index < -0.39 is 11.7 Å². The van der Waals surface area contributed by atoms with Crippen LogP contribution in [0, 0.1) is 0 Å². The van der Waals surface area contributed by atoms with E-state index in [4.69, 9.17) is 5.11 Å². The Labute approximate surface area is 97.3 Å². The molecule has 6 nitrogen and oxygen atoms in total. The molecule has 0 amide bonds. The maximum absolute atomic E-state index is 11.3. The average molecular weight is 235 g/mol. The number of nitrogens with one attached hydrogen (secondary N) is 1. The van der Waals surface area contributed by atoms with E-state index in [2.05, 4.69) is 14.9 Å². The van der Waals surface area contributed by atoms with Gasteiger partial charge in [-0.05, 0) is 19.3 Å². The van der Waals surface area contributed by atoms with Gasteiger partial charge in [0.2, 0.25) is 0 Å². The molecule has 0 unspecified atom stereocenters. The molecule has 1 aromatic heterocycles. The zero-order valence-corrected chi connectivity index (χ0v) is 9.27. The third-order valence-corrected chi connectivity index (χ3v) is 3.40. The molecule has 1 aliphatic carbocycles. The molecule has 1 aliphatic heterocycles. The smallest absolute Gasteiger partial charge is 0.355 e. The predicted octanol–water partition coefficient (Wildman–Crippen LogP) is -0.0114. The Balaban J connectivity index is 2.01. The number of carboxylic acids is 1. The van der Waals surface area contributed by atoms with Gasteiger partial charge < -0.3 is 10.1 Å². The fourth-order valence-corrected chi connectivity index (χ4v) is 2.41. The van der Waals surface area contributed by atoms with Gasteiger partial charge >= 0.3 is 11.7 Å². The summed E-state index contributed by atoms with van der Waals surface area (Å²) in [7, 11) is 0. The first-order chi connectivity index (χ1) is 8.15. The van der Waals surface area contributed by atoms with Gasteiger partial charge in [0.1, 0.15) is 0 Å². The van der Waals surface area contributed by atoms with E-state index in [9.17, 15) is 9.59 Å². The summed E-state index contributed by atoms with van der Waals surface area (Å²) < 4.78 is 0. The van der Waals surface area contributed by atoms with Crippen molar-refractivity contribution in [3.63, 3.8) is 0 Å². The highest BCUT2D eigenvalue weighted by Gasteiger charge is 2.33. The van der Waals surface area contributed by atoms with Crippen molar-refractivity contribution in [2.75, 3.05) is 6.54 Å². The number of fused-ring (bicyclic) bond motifs is 1. The molecule has 1 fully saturated rings. The molecule has 1 aromatic rings. The summed E-state index contributed by atoms with van der Waals surface area (Å²) in [6.07, 6.45) is 3.06. The van der Waals surface area contributed by atoms with Gasteiger partial charge in [-0.25, -0.2) is 9.59 Å². The van der Waals surface area contributed by atoms with Gasteiger partial charge in [0.25, 0.3) is 0 Å². The third-order valence-electron chi connectivity index (χ3n) is 3.40. The van der Waals surface area contributed by atoms with Crippen LogP contribution in [0.1, 0.15) is 34.6 Å². The zero-order valence-electron chi connectivity index (χ0n) is 9.27. The predicted molar refractivity (Wildman–Crippen MR) is 59.0 cm³/mol. The lowest BCUT2D eigenvalue weighted by molar-refractivity contribution is 0.0687. The van der Waals surface area contributed by atoms with Crippen LogP contribution in [-0.4, -0.2) is 38.5 Å². The minimum atomic E-state index is -1.12. The zero-order chi connectivity index (χ0) is 12.0. The van der Waals surface area contributed by atoms with E-state index in [1.54, 1.807) is 0 Å². The van der Waals surface area contributed by atoms with Gasteiger partial charge in [-0.1, -0.05) is 0 Å². The van der Waals surface area contributed by atoms with Crippen molar-refractivity contribution < 1.29 is 9.90 Å². The second kappa shape index (κ2) is 3.66. The largest absolute Gasteiger partial charge is 0.476 e. The standard InChI is InChI=1S/C11H13N3O3/c15-10(16)9-7-3-4-14(6-1-2-6)5-8(7)12-11(17)13-9/h6H,1-5H2,(H,15,16)(H,12,13,17). The van der Waals surface area contributed by atoms with E-state index in [0.29, 0.717) is 24.6 Å². The number of hydrogen-bond acceptors (Lipinski definition) is 4. The normalized spacial score (nSPS) is 20.0. The van der Waals surface area contributed by atoms with Crippen LogP contribution in [0.3, 0.4) is 0 Å². The van der Waals surface area contributed by atoms with Gasteiger partial charge in [-0.3, -0.25) is 4.90 Å². The van der Waals surface area contributed by atoms with E-state index in [-0.39, 0.29) is 5.69 Å². The average Bonchev–Trinajstić information content (AvgIpc) is 3.10. The molecular formula is C11H13N3O3. The number of hydrogen-bond donors (Lipinski definition) is 2. The summed E-state index contributed by atoms with van der Waals surface area (Å²) in [4.78, 5) is 30.8. The fraction of sp³-hybridized carbons (Fsp3) is 0.545. The van der Waals surface area contributed by atoms with Gasteiger partial charge in [-0.15, -0.1) is 0 Å². The lowest BCUT2D eigenvalue weighted by Crippen LogP contribution is -2.36. The second-order valence-electron chi connectivity index (χ2n) is 4.60. The van der Waals surface area contributed by atoms with Crippen molar-refractivity contribution in [1.29, 1.82) is 0 Å². The molecule has 2 heterocycles. The van der Waals surface area contributed by atoms with Crippen LogP contribution >= 0.6 is 0 Å². The SMILES string of the molecule is O=C(O)c1nc(=O)[nH]c2c1CCN(C1CC1)C2. The third kappa shape index (κ3) is 1.84. The van der Waals surface area contributed by atoms with E-state index in [0.717, 1.165) is 12.2 Å². The summed E-state index contributed by atoms with van der Waals surface area (Å²) in [6.45, 7) is 1.49. The summed E-state index contributed by atoms with van der Waals surface area (Å²) in [5, 5.41) is 9.02. The molecular weight excluding hydrogens is 222 g/mol. The van der Waals surface area contributed by atoms with Crippen molar-refractivity contribution in [2.24, 2.45) is 0 Å². The van der Waals surface area contributed by atoms with Gasteiger partial charge in [0, 0.05) is 30.4 Å². The summed E-state index contributed by atoms with van der Waals surface area (Å²) in [5.41, 5.74) is 0.757. The summed E-state index contributed by atoms with van der Waals surface area (Å²) >= 11 is 0. The van der Waals surface area contributed by atoms with Gasteiger partial charge in [-0.2, -0.15) is 4.98 Å². The van der Waals surface area contributed by atoms with Crippen LogP contribution in [0.5, 0.6) is 0 Å². The molecule has 0 spiro atoms. The number of nitrogens with zero attached hydrogens (tertiary/aromatic N) is 2. The van der Waals surface area contributed by atoms with E-state index >= 15 is 0 Å². The molecule has 0 bridgehead atoms. The van der Waals surface area contributed by atoms with Crippen molar-refractivity contribution in [3.8, 4) is 0 Å². The number of rotatable bonds is 2. The lowest BCUT2D eigenvalue weighted by Gasteiger charge is -2.28. The number of carbonyl (C=O) groups is 1. The topological polar surface area (TPSA) is 86.3 Å². The highest BCUT2D eigenvalue weighted by atomic mass is 16.4. The Morgan fingerprint density at radius 2 is 2.24 bits per heavy atom. The van der Waals surface area contributed by atoms with E-state index in [1.165, 1.54) is 12.8 Å². The molecule has 17 heavy (non-hydrogen) atoms. The molecule has 3 rings (SSSR count). The van der Waals surface area contributed by atoms with Crippen molar-refractivity contribution in [3.05, 3.63) is 27.4 Å². The number of aromatic carboxylic acids is 1. The summed E-state index contributed by atoms with van der Waals surface area (Å²) in [5.74, 6) is -1.12. The molecule has 0 aromatic carbocycles. The Bertz CT molecular complexity index is 533. The Morgan fingerprint density at radius 1 is 1.47 bits per heavy atom. The van der Waals surface area contributed by atoms with Gasteiger partial charge in [0.15, 0.2) is 5.69 Å². The number of H-pyrrole nitrogens is 1. The highest BCUT2D eigenvalue weighted by molar-refractivity contribution is 5.87. The van der Waals surface area contributed by atoms with Crippen LogP contribution in [0.2, 0.25) is 0 Å². The van der Waals surface area contributed by atoms with Crippen molar-refractivity contribution in [2.45, 2.75) is 31.8 Å². The Morgan fingerprint density at radius 3 is 2.88 bits per heavy atom. The fourth-order valence-electron chi connectivity index (χ4n) is 2.41. The number of carboxylic acid groups (broad SMARTS) is 1. The lowest BCUT2D eigenvalue weighted by atomic mass is 10.0. The Kier molecular flexibility index (Phi) is 2.25. The molecule has 0 radical (unpaired) electrons. The molecule has 90 valence electrons. The first-order valence-corrected chi connectivity index (χ1v) is 5.74. The molecule has 0 atom stereocenters. The minimum absolute atomic E-state index is 0.0841. The molecule has 2 N–H and O–H groups in total. The quantitative estimate of drug-likeness (QED) is 0.752. The first kappa shape index (κ1) is 10.5. The molecule has 6 heteroatoms. The van der Waals surface area contributed by atoms with Crippen molar-refractivity contribution in [1.82, 2.24) is 14.9 Å². The molecule has 2 aliphatic rings. The van der Waals surface area contributed by atoms with Crippen LogP contribution < -0.4 is 5.69 Å². The number of aromatic amines is 1. The second-order valence-corrected chi connectivity index (χ2v) is 4.60. The van der Waals surface area contributed by atoms with Crippen LogP contribution in [0.15, 0.2) is 4.79 Å². The maximum Gasteiger partial charge on any atom is 0.355 e. The van der Waals surface area contributed by atoms with E-state index in [1.807, 2.05) is 0 Å². The highest BCUT2D eigenvalue weighted by Crippen LogP contribution is 2.31. The monoisotopic (exact) mass is 235 g/mol. The van der Waals surface area contributed by atoms with Crippen molar-refractivity contribution >= 4 is 5.97 Å². The Hall–Kier alpha value is -1.69.